The first-order valence-corrected chi connectivity index (χ1v) is 26.5. The third-order valence-corrected chi connectivity index (χ3v) is 16.9. The van der Waals surface area contributed by atoms with Gasteiger partial charge in [-0.25, -0.2) is 0 Å². The van der Waals surface area contributed by atoms with E-state index in [2.05, 4.69) is 283 Å². The molecule has 0 unspecified atom stereocenters. The summed E-state index contributed by atoms with van der Waals surface area (Å²) < 4.78 is 7.00. The minimum absolute atomic E-state index is 0.0550. The van der Waals surface area contributed by atoms with Crippen LogP contribution in [0.25, 0.3) is 22.3 Å². The quantitative estimate of drug-likeness (QED) is 0.165. The molecular formula is C70H57NOS. The third kappa shape index (κ3) is 6.93. The lowest BCUT2D eigenvalue weighted by atomic mass is 9.63. The van der Waals surface area contributed by atoms with Gasteiger partial charge in [0.1, 0.15) is 11.5 Å². The number of benzene rings is 10. The molecule has 0 bridgehead atoms. The molecule has 2 nitrogen and oxygen atoms in total. The first-order valence-electron chi connectivity index (χ1n) is 25.7. The molecule has 2 heterocycles. The molecule has 0 N–H and O–H groups in total. The number of rotatable bonds is 6. The van der Waals surface area contributed by atoms with Gasteiger partial charge in [0.25, 0.3) is 0 Å². The topological polar surface area (TPSA) is 12.5 Å². The fourth-order valence-corrected chi connectivity index (χ4v) is 13.5. The normalized spacial score (nSPS) is 14.4. The number of para-hydroxylation sites is 2. The van der Waals surface area contributed by atoms with E-state index in [-0.39, 0.29) is 10.8 Å². The molecule has 13 rings (SSSR count). The molecule has 2 aliphatic heterocycles. The van der Waals surface area contributed by atoms with Crippen LogP contribution in [-0.4, -0.2) is 0 Å². The van der Waals surface area contributed by atoms with Gasteiger partial charge in [-0.1, -0.05) is 235 Å². The highest BCUT2D eigenvalue weighted by Gasteiger charge is 2.52. The van der Waals surface area contributed by atoms with E-state index < -0.39 is 10.8 Å². The maximum absolute atomic E-state index is 7.00. The monoisotopic (exact) mass is 959 g/mol. The molecule has 10 aromatic rings. The lowest BCUT2D eigenvalue weighted by molar-refractivity contribution is 0.434. The van der Waals surface area contributed by atoms with Crippen molar-refractivity contribution in [2.24, 2.45) is 0 Å². The Morgan fingerprint density at radius 2 is 0.836 bits per heavy atom. The van der Waals surface area contributed by atoms with Crippen LogP contribution in [0.5, 0.6) is 11.5 Å². The van der Waals surface area contributed by atoms with Gasteiger partial charge in [-0.3, -0.25) is 0 Å². The average molecular weight is 960 g/mol. The van der Waals surface area contributed by atoms with Gasteiger partial charge in [0.2, 0.25) is 0 Å². The van der Waals surface area contributed by atoms with Crippen LogP contribution in [0.15, 0.2) is 246 Å². The highest BCUT2D eigenvalue weighted by Crippen LogP contribution is 2.64. The van der Waals surface area contributed by atoms with E-state index in [0.717, 1.165) is 50.8 Å². The Hall–Kier alpha value is -7.85. The summed E-state index contributed by atoms with van der Waals surface area (Å²) in [6.45, 7) is 14.0. The molecule has 73 heavy (non-hydrogen) atoms. The van der Waals surface area contributed by atoms with Gasteiger partial charge >= 0.3 is 0 Å². The zero-order valence-electron chi connectivity index (χ0n) is 42.3. The Bertz CT molecular complexity index is 3660. The number of hydrogen-bond donors (Lipinski definition) is 0. The predicted octanol–water partition coefficient (Wildman–Crippen LogP) is 18.7. The Labute approximate surface area is 435 Å². The summed E-state index contributed by atoms with van der Waals surface area (Å²) in [6, 6.07) is 88.4. The molecule has 3 heteroatoms. The molecule has 354 valence electrons. The van der Waals surface area contributed by atoms with E-state index in [0.29, 0.717) is 0 Å². The second-order valence-electron chi connectivity index (χ2n) is 22.0. The number of hydrogen-bond acceptors (Lipinski definition) is 3. The maximum Gasteiger partial charge on any atom is 0.132 e. The molecule has 0 radical (unpaired) electrons. The van der Waals surface area contributed by atoms with Crippen molar-refractivity contribution in [2.45, 2.75) is 73.0 Å². The first kappa shape index (κ1) is 45.0. The Balaban J connectivity index is 1.13. The maximum atomic E-state index is 7.00. The zero-order chi connectivity index (χ0) is 49.7. The van der Waals surface area contributed by atoms with Crippen molar-refractivity contribution in [3.63, 3.8) is 0 Å². The van der Waals surface area contributed by atoms with E-state index >= 15 is 0 Å². The summed E-state index contributed by atoms with van der Waals surface area (Å²) in [5, 5.41) is 0. The van der Waals surface area contributed by atoms with Gasteiger partial charge in [-0.15, -0.1) is 0 Å². The summed E-state index contributed by atoms with van der Waals surface area (Å²) in [5.41, 5.74) is 19.2. The van der Waals surface area contributed by atoms with Gasteiger partial charge in [-0.05, 0) is 127 Å². The molecule has 0 fully saturated rings. The van der Waals surface area contributed by atoms with Gasteiger partial charge < -0.3 is 9.64 Å². The molecule has 1 aliphatic carbocycles. The summed E-state index contributed by atoms with van der Waals surface area (Å²) >= 11 is 1.92. The zero-order valence-corrected chi connectivity index (χ0v) is 43.1. The van der Waals surface area contributed by atoms with Crippen molar-refractivity contribution in [2.75, 3.05) is 4.90 Å². The molecular weight excluding hydrogens is 903 g/mol. The Morgan fingerprint density at radius 1 is 0.356 bits per heavy atom. The van der Waals surface area contributed by atoms with Crippen LogP contribution < -0.4 is 9.64 Å². The summed E-state index contributed by atoms with van der Waals surface area (Å²) in [5.74, 6) is 1.70. The van der Waals surface area contributed by atoms with Gasteiger partial charge in [0, 0.05) is 37.9 Å². The number of fused-ring (bicyclic) bond motifs is 11. The molecule has 10 aromatic carbocycles. The van der Waals surface area contributed by atoms with Gasteiger partial charge in [0.05, 0.1) is 16.5 Å². The Kier molecular flexibility index (Phi) is 10.4. The van der Waals surface area contributed by atoms with Crippen molar-refractivity contribution in [1.29, 1.82) is 0 Å². The average Bonchev–Trinajstić information content (AvgIpc) is 3.70. The van der Waals surface area contributed by atoms with Gasteiger partial charge in [-0.2, -0.15) is 0 Å². The van der Waals surface area contributed by atoms with Gasteiger partial charge in [0.15, 0.2) is 0 Å². The number of anilines is 3. The van der Waals surface area contributed by atoms with Crippen LogP contribution in [0.4, 0.5) is 17.1 Å². The van der Waals surface area contributed by atoms with E-state index in [1.807, 2.05) is 11.8 Å². The van der Waals surface area contributed by atoms with Crippen LogP contribution >= 0.6 is 11.8 Å². The molecule has 1 spiro atoms. The summed E-state index contributed by atoms with van der Waals surface area (Å²) in [7, 11) is 0. The minimum atomic E-state index is -0.695. The van der Waals surface area contributed by atoms with Crippen molar-refractivity contribution < 1.29 is 4.74 Å². The van der Waals surface area contributed by atoms with E-state index in [9.17, 15) is 0 Å². The first-order chi connectivity index (χ1) is 35.5. The second kappa shape index (κ2) is 16.9. The van der Waals surface area contributed by atoms with Crippen molar-refractivity contribution in [3.8, 4) is 33.8 Å². The number of ether oxygens (including phenoxy) is 1. The summed E-state index contributed by atoms with van der Waals surface area (Å²) in [4.78, 5) is 5.12. The van der Waals surface area contributed by atoms with Crippen LogP contribution in [0.3, 0.4) is 0 Å². The van der Waals surface area contributed by atoms with E-state index in [1.165, 1.54) is 65.4 Å². The standard InChI is InChI=1S/C70H57NOS/c1-67(2,3)49-34-40-65-60(42-49)70(61-43-50(68(4,5)6)35-41-66(61)73-65)56-30-18-16-29-54(56)55-38-36-51(44-58(55)70)71(62-32-20-17-28-53(62)46-22-10-7-11-23-46)52-37-39-64-59(45-52)69(47-24-12-8-13-25-47,48-26-14-9-15-27-48)57-31-19-21-33-63(57)72-64/h7-45H,1-6H3. The van der Waals surface area contributed by atoms with Crippen LogP contribution in [0.2, 0.25) is 0 Å². The van der Waals surface area contributed by atoms with Crippen LogP contribution in [0.1, 0.15) is 97.2 Å². The largest absolute Gasteiger partial charge is 0.457 e. The van der Waals surface area contributed by atoms with E-state index in [1.54, 1.807) is 0 Å². The Morgan fingerprint density at radius 3 is 1.45 bits per heavy atom. The smallest absolute Gasteiger partial charge is 0.132 e. The molecule has 0 amide bonds. The molecule has 0 saturated carbocycles. The molecule has 0 aromatic heterocycles. The second-order valence-corrected chi connectivity index (χ2v) is 23.1. The molecule has 0 saturated heterocycles. The highest BCUT2D eigenvalue weighted by molar-refractivity contribution is 7.99. The number of nitrogens with zero attached hydrogens (tertiary/aromatic N) is 1. The highest BCUT2D eigenvalue weighted by atomic mass is 32.2. The van der Waals surface area contributed by atoms with Crippen molar-refractivity contribution >= 4 is 28.8 Å². The lowest BCUT2D eigenvalue weighted by Crippen LogP contribution is -2.34. The van der Waals surface area contributed by atoms with Crippen LogP contribution in [-0.2, 0) is 21.7 Å². The third-order valence-electron chi connectivity index (χ3n) is 15.8. The predicted molar refractivity (Wildman–Crippen MR) is 304 cm³/mol. The minimum Gasteiger partial charge on any atom is -0.457 e. The molecule has 0 atom stereocenters. The summed E-state index contributed by atoms with van der Waals surface area (Å²) in [6.07, 6.45) is 0. The van der Waals surface area contributed by atoms with E-state index in [4.69, 9.17) is 4.74 Å². The fourth-order valence-electron chi connectivity index (χ4n) is 12.3. The van der Waals surface area contributed by atoms with Crippen molar-refractivity contribution in [1.82, 2.24) is 0 Å². The van der Waals surface area contributed by atoms with Crippen molar-refractivity contribution in [3.05, 3.63) is 292 Å². The fraction of sp³-hybridized carbons (Fsp3) is 0.143. The van der Waals surface area contributed by atoms with Crippen LogP contribution in [0, 0.1) is 0 Å². The molecule has 3 aliphatic rings. The SMILES string of the molecule is CC(C)(C)c1ccc2c(c1)C1(c3cc(C(C)(C)C)ccc3S2)c2ccccc2-c2ccc(N(c3ccc4c(c3)C(c3ccccc3)(c3ccccc3)c3ccccc3O4)c3ccccc3-c3ccccc3)cc21. The lowest BCUT2D eigenvalue weighted by Gasteiger charge is -2.42.